The van der Waals surface area contributed by atoms with Gasteiger partial charge in [-0.1, -0.05) is 34.8 Å². The predicted molar refractivity (Wildman–Crippen MR) is 88.4 cm³/mol. The molecule has 6 nitrogen and oxygen atoms in total. The number of carbonyl (C=O) groups excluding carboxylic acids is 1. The molecule has 3 heterocycles. The minimum atomic E-state index is -4.52. The standard InChI is InChI=1S/C14H7Cl3F3N5O/c15-7-3-21-12(11(17)10(7)16)13(26)22-4-9-24-23-8-2-1-6(5-25(8)9)14(18,19)20/h1-3,5H,4H2,(H,22,26). The van der Waals surface area contributed by atoms with Crippen molar-refractivity contribution in [2.45, 2.75) is 12.7 Å². The number of nitrogens with one attached hydrogen (secondary N) is 1. The molecule has 0 unspecified atom stereocenters. The number of halogens is 6. The van der Waals surface area contributed by atoms with Gasteiger partial charge in [-0.25, -0.2) is 4.98 Å². The highest BCUT2D eigenvalue weighted by Crippen LogP contribution is 2.31. The van der Waals surface area contributed by atoms with Crippen molar-refractivity contribution in [2.24, 2.45) is 0 Å². The van der Waals surface area contributed by atoms with Gasteiger partial charge in [0.15, 0.2) is 11.5 Å². The van der Waals surface area contributed by atoms with Gasteiger partial charge in [-0.2, -0.15) is 13.2 Å². The van der Waals surface area contributed by atoms with Crippen LogP contribution in [0, 0.1) is 0 Å². The van der Waals surface area contributed by atoms with Gasteiger partial charge in [0.2, 0.25) is 0 Å². The third-order valence-corrected chi connectivity index (χ3v) is 4.58. The zero-order valence-electron chi connectivity index (χ0n) is 12.5. The second-order valence-corrected chi connectivity index (χ2v) is 6.19. The van der Waals surface area contributed by atoms with Crippen molar-refractivity contribution in [2.75, 3.05) is 0 Å². The van der Waals surface area contributed by atoms with Gasteiger partial charge >= 0.3 is 6.18 Å². The minimum Gasteiger partial charge on any atom is -0.343 e. The van der Waals surface area contributed by atoms with Crippen LogP contribution in [0.2, 0.25) is 15.1 Å². The smallest absolute Gasteiger partial charge is 0.343 e. The van der Waals surface area contributed by atoms with Crippen LogP contribution in [0.4, 0.5) is 13.2 Å². The molecule has 0 aliphatic rings. The Labute approximate surface area is 158 Å². The molecule has 0 saturated heterocycles. The molecule has 3 aromatic heterocycles. The fourth-order valence-corrected chi connectivity index (χ4v) is 2.64. The summed E-state index contributed by atoms with van der Waals surface area (Å²) in [5.74, 6) is -0.604. The van der Waals surface area contributed by atoms with E-state index in [1.165, 1.54) is 6.07 Å². The molecule has 0 radical (unpaired) electrons. The molecular weight excluding hydrogens is 418 g/mol. The molecule has 0 saturated carbocycles. The summed E-state index contributed by atoms with van der Waals surface area (Å²) in [6.07, 6.45) is -2.51. The lowest BCUT2D eigenvalue weighted by atomic mass is 10.3. The molecule has 0 atom stereocenters. The number of fused-ring (bicyclic) bond motifs is 1. The number of carbonyl (C=O) groups is 1. The van der Waals surface area contributed by atoms with Gasteiger partial charge < -0.3 is 5.32 Å². The van der Waals surface area contributed by atoms with Crippen LogP contribution in [0.3, 0.4) is 0 Å². The summed E-state index contributed by atoms with van der Waals surface area (Å²) in [4.78, 5) is 16.0. The van der Waals surface area contributed by atoms with E-state index in [0.29, 0.717) is 0 Å². The van der Waals surface area contributed by atoms with E-state index in [-0.39, 0.29) is 38.8 Å². The van der Waals surface area contributed by atoms with E-state index >= 15 is 0 Å². The fourth-order valence-electron chi connectivity index (χ4n) is 2.07. The monoisotopic (exact) mass is 423 g/mol. The summed E-state index contributed by atoms with van der Waals surface area (Å²) in [5.41, 5.74) is -0.842. The van der Waals surface area contributed by atoms with Gasteiger partial charge in [-0.15, -0.1) is 10.2 Å². The Bertz CT molecular complexity index is 1010. The topological polar surface area (TPSA) is 72.2 Å². The van der Waals surface area contributed by atoms with Crippen LogP contribution < -0.4 is 5.32 Å². The molecule has 0 fully saturated rings. The SMILES string of the molecule is O=C(NCc1nnc2ccc(C(F)(F)F)cn12)c1ncc(Cl)c(Cl)c1Cl. The summed E-state index contributed by atoms with van der Waals surface area (Å²) in [6, 6.07) is 2.07. The minimum absolute atomic E-state index is 0.0313. The lowest BCUT2D eigenvalue weighted by Crippen LogP contribution is -2.25. The first-order chi connectivity index (χ1) is 12.2. The third-order valence-electron chi connectivity index (χ3n) is 3.34. The second kappa shape index (κ2) is 6.90. The molecule has 26 heavy (non-hydrogen) atoms. The highest BCUT2D eigenvalue weighted by Gasteiger charge is 2.31. The van der Waals surface area contributed by atoms with Crippen LogP contribution in [0.25, 0.3) is 5.65 Å². The number of hydrogen-bond acceptors (Lipinski definition) is 4. The van der Waals surface area contributed by atoms with E-state index in [1.54, 1.807) is 0 Å². The lowest BCUT2D eigenvalue weighted by molar-refractivity contribution is -0.137. The van der Waals surface area contributed by atoms with Crippen molar-refractivity contribution >= 4 is 46.4 Å². The van der Waals surface area contributed by atoms with Crippen LogP contribution in [0.5, 0.6) is 0 Å². The van der Waals surface area contributed by atoms with Crippen molar-refractivity contribution in [3.8, 4) is 0 Å². The molecule has 3 aromatic rings. The second-order valence-electron chi connectivity index (χ2n) is 5.03. The molecule has 3 rings (SSSR count). The molecule has 0 aliphatic carbocycles. The summed E-state index contributed by atoms with van der Waals surface area (Å²) < 4.78 is 39.6. The molecule has 0 aromatic carbocycles. The average molecular weight is 425 g/mol. The summed E-state index contributed by atoms with van der Waals surface area (Å²) in [5, 5.41) is 9.88. The van der Waals surface area contributed by atoms with Crippen LogP contribution in [0.1, 0.15) is 21.9 Å². The van der Waals surface area contributed by atoms with Crippen molar-refractivity contribution in [3.05, 3.63) is 56.7 Å². The number of rotatable bonds is 3. The van der Waals surface area contributed by atoms with Crippen molar-refractivity contribution in [3.63, 3.8) is 0 Å². The normalized spacial score (nSPS) is 11.8. The third kappa shape index (κ3) is 3.55. The first kappa shape index (κ1) is 18.7. The number of alkyl halides is 3. The average Bonchev–Trinajstić information content (AvgIpc) is 2.99. The number of pyridine rings is 2. The Kier molecular flexibility index (Phi) is 4.96. The summed E-state index contributed by atoms with van der Waals surface area (Å²) in [7, 11) is 0. The van der Waals surface area contributed by atoms with E-state index in [9.17, 15) is 18.0 Å². The maximum Gasteiger partial charge on any atom is 0.417 e. The van der Waals surface area contributed by atoms with Crippen LogP contribution in [0.15, 0.2) is 24.5 Å². The molecule has 1 amide bonds. The summed E-state index contributed by atoms with van der Waals surface area (Å²) in [6.45, 7) is -0.209. The van der Waals surface area contributed by atoms with Crippen molar-refractivity contribution in [1.29, 1.82) is 0 Å². The Morgan fingerprint density at radius 1 is 1.15 bits per heavy atom. The van der Waals surface area contributed by atoms with E-state index in [2.05, 4.69) is 20.5 Å². The van der Waals surface area contributed by atoms with E-state index in [1.807, 2.05) is 0 Å². The largest absolute Gasteiger partial charge is 0.417 e. The van der Waals surface area contributed by atoms with Crippen molar-refractivity contribution in [1.82, 2.24) is 24.9 Å². The Hall–Kier alpha value is -2.10. The number of amides is 1. The molecular formula is C14H7Cl3F3N5O. The van der Waals surface area contributed by atoms with Gasteiger partial charge in [-0.3, -0.25) is 9.20 Å². The van der Waals surface area contributed by atoms with Gasteiger partial charge in [0.1, 0.15) is 5.69 Å². The number of hydrogen-bond donors (Lipinski definition) is 1. The van der Waals surface area contributed by atoms with Crippen LogP contribution in [-0.2, 0) is 12.7 Å². The summed E-state index contributed by atoms with van der Waals surface area (Å²) >= 11 is 17.5. The highest BCUT2D eigenvalue weighted by atomic mass is 35.5. The molecule has 12 heteroatoms. The number of aromatic nitrogens is 4. The maximum absolute atomic E-state index is 12.8. The fraction of sp³-hybridized carbons (Fsp3) is 0.143. The number of nitrogens with zero attached hydrogens (tertiary/aromatic N) is 4. The van der Waals surface area contributed by atoms with E-state index < -0.39 is 17.6 Å². The van der Waals surface area contributed by atoms with Gasteiger partial charge in [0.25, 0.3) is 5.91 Å². The Morgan fingerprint density at radius 3 is 2.58 bits per heavy atom. The predicted octanol–water partition coefficient (Wildman–Crippen LogP) is 4.03. The molecule has 1 N–H and O–H groups in total. The van der Waals surface area contributed by atoms with Gasteiger partial charge in [0.05, 0.1) is 27.2 Å². The van der Waals surface area contributed by atoms with E-state index in [4.69, 9.17) is 34.8 Å². The molecule has 0 aliphatic heterocycles. The zero-order valence-corrected chi connectivity index (χ0v) is 14.7. The van der Waals surface area contributed by atoms with Crippen LogP contribution >= 0.6 is 34.8 Å². The van der Waals surface area contributed by atoms with Crippen molar-refractivity contribution < 1.29 is 18.0 Å². The molecule has 136 valence electrons. The highest BCUT2D eigenvalue weighted by molar-refractivity contribution is 6.48. The molecule has 0 bridgehead atoms. The quantitative estimate of drug-likeness (QED) is 0.689. The van der Waals surface area contributed by atoms with Gasteiger partial charge in [-0.05, 0) is 12.1 Å². The Balaban J connectivity index is 1.84. The maximum atomic E-state index is 12.8. The van der Waals surface area contributed by atoms with E-state index in [0.717, 1.165) is 22.9 Å². The molecule has 0 spiro atoms. The Morgan fingerprint density at radius 2 is 1.88 bits per heavy atom. The van der Waals surface area contributed by atoms with Gasteiger partial charge in [0, 0.05) is 12.4 Å². The lowest BCUT2D eigenvalue weighted by Gasteiger charge is -2.09. The first-order valence-corrected chi connectivity index (χ1v) is 8.00. The van der Waals surface area contributed by atoms with Crippen LogP contribution in [-0.4, -0.2) is 25.5 Å². The first-order valence-electron chi connectivity index (χ1n) is 6.87. The zero-order chi connectivity index (χ0) is 19.1.